The van der Waals surface area contributed by atoms with Gasteiger partial charge in [-0.1, -0.05) is 101 Å². The summed E-state index contributed by atoms with van der Waals surface area (Å²) in [5.74, 6) is 4.61. The average Bonchev–Trinajstić information content (AvgIpc) is 3.98. The lowest BCUT2D eigenvalue weighted by atomic mass is 9.82. The van der Waals surface area contributed by atoms with Crippen LogP contribution in [0.15, 0.2) is 36.7 Å². The van der Waals surface area contributed by atoms with Gasteiger partial charge in [0.2, 0.25) is 0 Å². The monoisotopic (exact) mass is 666 g/mol. The molecule has 0 amide bonds. The van der Waals surface area contributed by atoms with Crippen LogP contribution in [-0.2, 0) is 0 Å². The van der Waals surface area contributed by atoms with Crippen molar-refractivity contribution in [1.82, 2.24) is 0 Å². The number of anilines is 2. The number of halogens is 1. The Morgan fingerprint density at radius 1 is 0.333 bits per heavy atom. The third-order valence-corrected chi connectivity index (χ3v) is 14.5. The van der Waals surface area contributed by atoms with E-state index >= 15 is 0 Å². The molecule has 0 saturated heterocycles. The summed E-state index contributed by atoms with van der Waals surface area (Å²) in [6.45, 7) is 1.00. The summed E-state index contributed by atoms with van der Waals surface area (Å²) in [6.07, 6.45) is 38.9. The first-order chi connectivity index (χ1) is 23.3. The summed E-state index contributed by atoms with van der Waals surface area (Å²) in [5, 5.41) is 0. The minimum atomic E-state index is 0. The second kappa shape index (κ2) is 14.7. The maximum Gasteiger partial charge on any atom is 0.0989 e. The molecule has 2 nitrogen and oxygen atoms in total. The number of nitrogens with zero attached hydrogens (tertiary/aromatic N) is 2. The van der Waals surface area contributed by atoms with E-state index in [9.17, 15) is 0 Å². The standard InChI is InChI=1S/C45H62N2.ClH/c1-2-14-32(13-1)38-27-40(34-17-5-6-18-34)44(41(28-38)35-19-7-8-20-35)46-25-26-47(31-46)45-42(36-21-9-10-22-36)29-39(33-15-3-4-16-33)30-43(45)37-23-11-12-24-37;/h25-30,32-37H,1-24,31H2;1H. The quantitative estimate of drug-likeness (QED) is 0.277. The maximum atomic E-state index is 2.77. The van der Waals surface area contributed by atoms with E-state index < -0.39 is 0 Å². The fourth-order valence-corrected chi connectivity index (χ4v) is 12.0. The molecule has 1 aliphatic heterocycles. The predicted molar refractivity (Wildman–Crippen MR) is 206 cm³/mol. The van der Waals surface area contributed by atoms with Gasteiger partial charge in [0.05, 0.1) is 6.67 Å². The van der Waals surface area contributed by atoms with E-state index in [1.165, 1.54) is 154 Å². The fraction of sp³-hybridized carbons (Fsp3) is 0.689. The molecule has 1 heterocycles. The molecule has 6 aliphatic carbocycles. The molecule has 260 valence electrons. The molecule has 7 aliphatic rings. The van der Waals surface area contributed by atoms with Crippen LogP contribution in [0.1, 0.15) is 223 Å². The Labute approximate surface area is 298 Å². The van der Waals surface area contributed by atoms with Gasteiger partial charge in [-0.25, -0.2) is 0 Å². The summed E-state index contributed by atoms with van der Waals surface area (Å²) in [7, 11) is 0. The highest BCUT2D eigenvalue weighted by Crippen LogP contribution is 2.52. The zero-order chi connectivity index (χ0) is 31.2. The highest BCUT2D eigenvalue weighted by Gasteiger charge is 2.35. The van der Waals surface area contributed by atoms with E-state index in [4.69, 9.17) is 0 Å². The molecule has 6 fully saturated rings. The minimum absolute atomic E-state index is 0. The summed E-state index contributed by atoms with van der Waals surface area (Å²) in [5.41, 5.74) is 13.7. The van der Waals surface area contributed by atoms with E-state index in [1.807, 2.05) is 0 Å². The van der Waals surface area contributed by atoms with Crippen LogP contribution in [0, 0.1) is 0 Å². The van der Waals surface area contributed by atoms with Gasteiger partial charge in [0.1, 0.15) is 0 Å². The number of hydrogen-bond acceptors (Lipinski definition) is 2. The molecule has 2 aromatic rings. The first-order valence-corrected chi connectivity index (χ1v) is 20.9. The third kappa shape index (κ3) is 6.39. The topological polar surface area (TPSA) is 6.48 Å². The van der Waals surface area contributed by atoms with Crippen molar-refractivity contribution < 1.29 is 0 Å². The molecule has 2 aromatic carbocycles. The van der Waals surface area contributed by atoms with Gasteiger partial charge in [-0.2, -0.15) is 0 Å². The second-order valence-electron chi connectivity index (χ2n) is 17.4. The van der Waals surface area contributed by atoms with Crippen molar-refractivity contribution in [3.63, 3.8) is 0 Å². The van der Waals surface area contributed by atoms with Crippen molar-refractivity contribution in [2.75, 3.05) is 16.5 Å². The number of hydrogen-bond donors (Lipinski definition) is 0. The predicted octanol–water partition coefficient (Wildman–Crippen LogP) is 13.8. The Hall–Kier alpha value is -1.93. The van der Waals surface area contributed by atoms with E-state index in [1.54, 1.807) is 44.8 Å². The van der Waals surface area contributed by atoms with E-state index in [2.05, 4.69) is 46.5 Å². The molecular weight excluding hydrogens is 604 g/mol. The average molecular weight is 667 g/mol. The van der Waals surface area contributed by atoms with Gasteiger partial charge >= 0.3 is 0 Å². The lowest BCUT2D eigenvalue weighted by Crippen LogP contribution is -2.29. The van der Waals surface area contributed by atoms with E-state index in [0.29, 0.717) is 0 Å². The molecule has 0 unspecified atom stereocenters. The van der Waals surface area contributed by atoms with Gasteiger partial charge in [-0.15, -0.1) is 12.4 Å². The molecule has 48 heavy (non-hydrogen) atoms. The molecule has 0 N–H and O–H groups in total. The van der Waals surface area contributed by atoms with Crippen LogP contribution in [0.4, 0.5) is 11.4 Å². The Morgan fingerprint density at radius 2 is 0.562 bits per heavy atom. The summed E-state index contributed by atoms with van der Waals surface area (Å²) >= 11 is 0. The van der Waals surface area contributed by atoms with Crippen molar-refractivity contribution in [3.8, 4) is 0 Å². The first-order valence-electron chi connectivity index (χ1n) is 20.9. The normalized spacial score (nSPS) is 25.1. The molecule has 0 aromatic heterocycles. The van der Waals surface area contributed by atoms with Crippen LogP contribution in [0.2, 0.25) is 0 Å². The minimum Gasteiger partial charge on any atom is -0.327 e. The molecule has 0 spiro atoms. The fourth-order valence-electron chi connectivity index (χ4n) is 12.0. The van der Waals surface area contributed by atoms with Gasteiger partial charge < -0.3 is 9.80 Å². The van der Waals surface area contributed by atoms with E-state index in [-0.39, 0.29) is 12.4 Å². The lowest BCUT2D eigenvalue weighted by molar-refractivity contribution is 0.671. The molecule has 0 bridgehead atoms. The van der Waals surface area contributed by atoms with Crippen molar-refractivity contribution in [1.29, 1.82) is 0 Å². The SMILES string of the molecule is C1=CN(c2c(C3CCCC3)cc(C3CCCC3)cc2C2CCCC2)CN1c1c(C2CCCC2)cc(C2CCCC2)cc1C1CCCC1.Cl. The van der Waals surface area contributed by atoms with Crippen LogP contribution in [0.5, 0.6) is 0 Å². The smallest absolute Gasteiger partial charge is 0.0989 e. The van der Waals surface area contributed by atoms with Crippen LogP contribution in [0.3, 0.4) is 0 Å². The Balaban J connectivity index is 0.00000336. The van der Waals surface area contributed by atoms with Crippen LogP contribution >= 0.6 is 12.4 Å². The number of benzene rings is 2. The van der Waals surface area contributed by atoms with Gasteiger partial charge in [0, 0.05) is 23.8 Å². The van der Waals surface area contributed by atoms with Gasteiger partial charge in [-0.05, 0) is 146 Å². The molecule has 6 saturated carbocycles. The van der Waals surface area contributed by atoms with E-state index in [0.717, 1.165) is 42.2 Å². The molecular formula is C45H63ClN2. The third-order valence-electron chi connectivity index (χ3n) is 14.5. The highest BCUT2D eigenvalue weighted by atomic mass is 35.5. The zero-order valence-corrected chi connectivity index (χ0v) is 30.7. The van der Waals surface area contributed by atoms with Crippen LogP contribution in [-0.4, -0.2) is 6.67 Å². The zero-order valence-electron chi connectivity index (χ0n) is 29.9. The summed E-state index contributed by atoms with van der Waals surface area (Å²) < 4.78 is 0. The molecule has 0 radical (unpaired) electrons. The Morgan fingerprint density at radius 3 is 0.812 bits per heavy atom. The van der Waals surface area contributed by atoms with Crippen molar-refractivity contribution in [2.24, 2.45) is 0 Å². The van der Waals surface area contributed by atoms with Gasteiger partial charge in [-0.3, -0.25) is 0 Å². The van der Waals surface area contributed by atoms with Crippen molar-refractivity contribution >= 4 is 23.8 Å². The first kappa shape index (κ1) is 33.2. The lowest BCUT2D eigenvalue weighted by Gasteiger charge is -2.34. The Kier molecular flexibility index (Phi) is 10.2. The summed E-state index contributed by atoms with van der Waals surface area (Å²) in [6, 6.07) is 11.1. The van der Waals surface area contributed by atoms with Crippen molar-refractivity contribution in [3.05, 3.63) is 70.0 Å². The summed E-state index contributed by atoms with van der Waals surface area (Å²) in [4.78, 5) is 5.53. The number of rotatable bonds is 8. The molecule has 9 rings (SSSR count). The van der Waals surface area contributed by atoms with Crippen LogP contribution in [0.25, 0.3) is 0 Å². The van der Waals surface area contributed by atoms with Gasteiger partial charge in [0.25, 0.3) is 0 Å². The molecule has 3 heteroatoms. The molecule has 0 atom stereocenters. The van der Waals surface area contributed by atoms with Gasteiger partial charge in [0.15, 0.2) is 0 Å². The van der Waals surface area contributed by atoms with Crippen molar-refractivity contribution in [2.45, 2.75) is 190 Å². The highest BCUT2D eigenvalue weighted by molar-refractivity contribution is 5.85. The second-order valence-corrected chi connectivity index (χ2v) is 17.4. The maximum absolute atomic E-state index is 2.77. The van der Waals surface area contributed by atoms with Crippen LogP contribution < -0.4 is 9.80 Å². The Bertz CT molecular complexity index is 1240. The largest absolute Gasteiger partial charge is 0.327 e.